The molecule has 0 saturated heterocycles. The molecule has 0 rings (SSSR count). The quantitative estimate of drug-likeness (QED) is 0.325. The molecule has 0 aliphatic heterocycles. The van der Waals surface area contributed by atoms with Gasteiger partial charge < -0.3 is 19.3 Å². The third kappa shape index (κ3) is 6.30. The third-order valence-corrected chi connectivity index (χ3v) is 1.18. The molecule has 1 N–H and O–H groups in total. The lowest BCUT2D eigenvalue weighted by molar-refractivity contribution is -0.0812. The molecule has 1 unspecified atom stereocenters. The molecule has 12 heavy (non-hydrogen) atoms. The molecule has 4 heteroatoms. The van der Waals surface area contributed by atoms with Crippen LogP contribution < -0.4 is 0 Å². The maximum atomic E-state index is 8.41. The van der Waals surface area contributed by atoms with Gasteiger partial charge in [0.25, 0.3) is 0 Å². The topological polar surface area (TPSA) is 47.9 Å². The van der Waals surface area contributed by atoms with Crippen molar-refractivity contribution in [3.05, 3.63) is 12.7 Å². The molecule has 0 aliphatic rings. The van der Waals surface area contributed by atoms with Crippen molar-refractivity contribution in [2.45, 2.75) is 6.10 Å². The Labute approximate surface area is 72.7 Å². The van der Waals surface area contributed by atoms with Gasteiger partial charge in [0, 0.05) is 7.11 Å². The smallest absolute Gasteiger partial charge is 0.147 e. The lowest BCUT2D eigenvalue weighted by Gasteiger charge is -2.12. The second-order valence-corrected chi connectivity index (χ2v) is 2.15. The van der Waals surface area contributed by atoms with Crippen molar-refractivity contribution >= 4 is 0 Å². The van der Waals surface area contributed by atoms with Gasteiger partial charge in [-0.15, -0.1) is 6.58 Å². The van der Waals surface area contributed by atoms with Crippen molar-refractivity contribution in [3.63, 3.8) is 0 Å². The van der Waals surface area contributed by atoms with E-state index in [1.165, 1.54) is 0 Å². The van der Waals surface area contributed by atoms with E-state index < -0.39 is 0 Å². The van der Waals surface area contributed by atoms with Gasteiger partial charge in [0.15, 0.2) is 0 Å². The van der Waals surface area contributed by atoms with E-state index >= 15 is 0 Å². The van der Waals surface area contributed by atoms with Crippen LogP contribution in [0.4, 0.5) is 0 Å². The van der Waals surface area contributed by atoms with Gasteiger partial charge in [-0.1, -0.05) is 6.08 Å². The summed E-state index contributed by atoms with van der Waals surface area (Å²) in [7, 11) is 1.55. The van der Waals surface area contributed by atoms with Crippen LogP contribution in [0.2, 0.25) is 0 Å². The first-order chi connectivity index (χ1) is 5.85. The molecule has 0 fully saturated rings. The SMILES string of the molecule is C=CC(COCCO)OCOC. The summed E-state index contributed by atoms with van der Waals surface area (Å²) < 4.78 is 14.9. The maximum Gasteiger partial charge on any atom is 0.147 e. The molecule has 0 aromatic carbocycles. The van der Waals surface area contributed by atoms with Crippen LogP contribution in [-0.4, -0.2) is 44.9 Å². The third-order valence-electron chi connectivity index (χ3n) is 1.18. The molecule has 72 valence electrons. The lowest BCUT2D eigenvalue weighted by Crippen LogP contribution is -2.19. The normalized spacial score (nSPS) is 12.8. The molecule has 0 heterocycles. The van der Waals surface area contributed by atoms with Crippen molar-refractivity contribution in [1.82, 2.24) is 0 Å². The first-order valence-electron chi connectivity index (χ1n) is 3.76. The van der Waals surface area contributed by atoms with Crippen LogP contribution in [0.5, 0.6) is 0 Å². The zero-order valence-electron chi connectivity index (χ0n) is 7.36. The highest BCUT2D eigenvalue weighted by molar-refractivity contribution is 4.79. The number of methoxy groups -OCH3 is 1. The number of hydrogen-bond acceptors (Lipinski definition) is 4. The predicted molar refractivity (Wildman–Crippen MR) is 44.9 cm³/mol. The van der Waals surface area contributed by atoms with E-state index in [9.17, 15) is 0 Å². The average molecular weight is 176 g/mol. The van der Waals surface area contributed by atoms with E-state index in [1.807, 2.05) is 0 Å². The summed E-state index contributed by atoms with van der Waals surface area (Å²) in [5.41, 5.74) is 0. The molecule has 0 saturated carbocycles. The van der Waals surface area contributed by atoms with Crippen molar-refractivity contribution in [2.75, 3.05) is 33.7 Å². The molecule has 0 aromatic heterocycles. The molecular formula is C8H16O4. The van der Waals surface area contributed by atoms with E-state index in [-0.39, 0.29) is 19.5 Å². The Hall–Kier alpha value is -0.420. The minimum Gasteiger partial charge on any atom is -0.394 e. The molecule has 4 nitrogen and oxygen atoms in total. The Bertz CT molecular complexity index is 105. The van der Waals surface area contributed by atoms with E-state index in [2.05, 4.69) is 6.58 Å². The zero-order valence-corrected chi connectivity index (χ0v) is 7.36. The monoisotopic (exact) mass is 176 g/mol. The van der Waals surface area contributed by atoms with Gasteiger partial charge >= 0.3 is 0 Å². The van der Waals surface area contributed by atoms with E-state index in [4.69, 9.17) is 19.3 Å². The van der Waals surface area contributed by atoms with Gasteiger partial charge in [0.2, 0.25) is 0 Å². The van der Waals surface area contributed by atoms with Gasteiger partial charge in [-0.2, -0.15) is 0 Å². The van der Waals surface area contributed by atoms with Crippen molar-refractivity contribution in [1.29, 1.82) is 0 Å². The molecule has 0 radical (unpaired) electrons. The standard InChI is InChI=1S/C8H16O4/c1-3-8(12-7-10-2)6-11-5-4-9/h3,8-9H,1,4-7H2,2H3. The van der Waals surface area contributed by atoms with Crippen LogP contribution in [0.1, 0.15) is 0 Å². The van der Waals surface area contributed by atoms with E-state index in [1.54, 1.807) is 13.2 Å². The number of aliphatic hydroxyl groups is 1. The van der Waals surface area contributed by atoms with Crippen LogP contribution >= 0.6 is 0 Å². The highest BCUT2D eigenvalue weighted by Crippen LogP contribution is 1.94. The van der Waals surface area contributed by atoms with Crippen LogP contribution in [-0.2, 0) is 14.2 Å². The fraction of sp³-hybridized carbons (Fsp3) is 0.750. The number of hydrogen-bond donors (Lipinski definition) is 1. The predicted octanol–water partition coefficient (Wildman–Crippen LogP) is 0.170. The summed E-state index contributed by atoms with van der Waals surface area (Å²) in [5.74, 6) is 0. The Balaban J connectivity index is 3.32. The number of aliphatic hydroxyl groups excluding tert-OH is 1. The highest BCUT2D eigenvalue weighted by Gasteiger charge is 2.02. The summed E-state index contributed by atoms with van der Waals surface area (Å²) in [4.78, 5) is 0. The summed E-state index contributed by atoms with van der Waals surface area (Å²) in [5, 5.41) is 8.41. The van der Waals surface area contributed by atoms with Gasteiger partial charge in [0.1, 0.15) is 12.9 Å². The maximum absolute atomic E-state index is 8.41. The summed E-state index contributed by atoms with van der Waals surface area (Å²) >= 11 is 0. The molecule has 0 aromatic rings. The number of ether oxygens (including phenoxy) is 3. The average Bonchev–Trinajstić information content (AvgIpc) is 2.11. The summed E-state index contributed by atoms with van der Waals surface area (Å²) in [6.45, 7) is 4.53. The Morgan fingerprint density at radius 1 is 1.58 bits per heavy atom. The largest absolute Gasteiger partial charge is 0.394 e. The first-order valence-corrected chi connectivity index (χ1v) is 3.76. The van der Waals surface area contributed by atoms with Crippen molar-refractivity contribution in [3.8, 4) is 0 Å². The van der Waals surface area contributed by atoms with Gasteiger partial charge in [-0.05, 0) is 0 Å². The molecule has 0 bridgehead atoms. The molecule has 0 amide bonds. The Kier molecular flexibility index (Phi) is 8.37. The first kappa shape index (κ1) is 11.6. The molecular weight excluding hydrogens is 160 g/mol. The molecule has 0 spiro atoms. The van der Waals surface area contributed by atoms with Crippen LogP contribution in [0.15, 0.2) is 12.7 Å². The number of rotatable bonds is 8. The zero-order chi connectivity index (χ0) is 9.23. The van der Waals surface area contributed by atoms with Crippen LogP contribution in [0.25, 0.3) is 0 Å². The fourth-order valence-electron chi connectivity index (χ4n) is 0.604. The van der Waals surface area contributed by atoms with E-state index in [0.29, 0.717) is 13.2 Å². The van der Waals surface area contributed by atoms with Crippen LogP contribution in [0.3, 0.4) is 0 Å². The van der Waals surface area contributed by atoms with E-state index in [0.717, 1.165) is 0 Å². The minimum atomic E-state index is -0.170. The Morgan fingerprint density at radius 3 is 2.83 bits per heavy atom. The highest BCUT2D eigenvalue weighted by atomic mass is 16.7. The van der Waals surface area contributed by atoms with Crippen molar-refractivity contribution < 1.29 is 19.3 Å². The van der Waals surface area contributed by atoms with Crippen LogP contribution in [0, 0.1) is 0 Å². The van der Waals surface area contributed by atoms with Gasteiger partial charge in [0.05, 0.1) is 19.8 Å². The van der Waals surface area contributed by atoms with Crippen molar-refractivity contribution in [2.24, 2.45) is 0 Å². The van der Waals surface area contributed by atoms with Gasteiger partial charge in [-0.25, -0.2) is 0 Å². The summed E-state index contributed by atoms with van der Waals surface area (Å²) in [6.07, 6.45) is 1.47. The minimum absolute atomic E-state index is 0.0220. The second kappa shape index (κ2) is 8.67. The second-order valence-electron chi connectivity index (χ2n) is 2.15. The fourth-order valence-corrected chi connectivity index (χ4v) is 0.604. The Morgan fingerprint density at radius 2 is 2.33 bits per heavy atom. The molecule has 0 aliphatic carbocycles. The molecule has 1 atom stereocenters. The lowest BCUT2D eigenvalue weighted by atomic mass is 10.4. The van der Waals surface area contributed by atoms with Gasteiger partial charge in [-0.3, -0.25) is 0 Å². The summed E-state index contributed by atoms with van der Waals surface area (Å²) in [6, 6.07) is 0.